The molecule has 0 saturated heterocycles. The van der Waals surface area contributed by atoms with Gasteiger partial charge in [-0.15, -0.1) is 0 Å². The van der Waals surface area contributed by atoms with Crippen LogP contribution >= 0.6 is 12.2 Å². The summed E-state index contributed by atoms with van der Waals surface area (Å²) in [6.45, 7) is 6.95. The first-order chi connectivity index (χ1) is 12.1. The molecule has 0 unspecified atom stereocenters. The van der Waals surface area contributed by atoms with Crippen molar-refractivity contribution >= 4 is 22.9 Å². The zero-order valence-electron chi connectivity index (χ0n) is 15.4. The van der Waals surface area contributed by atoms with E-state index in [1.54, 1.807) is 0 Å². The molecule has 1 aliphatic carbocycles. The predicted octanol–water partition coefficient (Wildman–Crippen LogP) is 6.16. The number of hydrogen-bond acceptors (Lipinski definition) is 2. The number of ether oxygens (including phenoxy) is 1. The van der Waals surface area contributed by atoms with Crippen LogP contribution in [0.5, 0.6) is 5.75 Å². The van der Waals surface area contributed by atoms with Gasteiger partial charge in [0.2, 0.25) is 0 Å². The fraction of sp³-hybridized carbons (Fsp3) is 0.409. The van der Waals surface area contributed by atoms with E-state index in [4.69, 9.17) is 17.0 Å². The summed E-state index contributed by atoms with van der Waals surface area (Å²) in [5.41, 5.74) is 6.30. The molecule has 25 heavy (non-hydrogen) atoms. The Balaban J connectivity index is 1.84. The maximum Gasteiger partial charge on any atom is 0.122 e. The molecule has 2 nitrogen and oxygen atoms in total. The molecule has 1 aliphatic rings. The van der Waals surface area contributed by atoms with Gasteiger partial charge in [-0.2, -0.15) is 0 Å². The lowest BCUT2D eigenvalue weighted by Gasteiger charge is -2.18. The average molecular weight is 354 g/mol. The Kier molecular flexibility index (Phi) is 5.74. The number of benzene rings is 2. The molecule has 2 aromatic rings. The zero-order valence-corrected chi connectivity index (χ0v) is 16.2. The van der Waals surface area contributed by atoms with E-state index in [9.17, 15) is 0 Å². The normalized spacial score (nSPS) is 13.6. The Morgan fingerprint density at radius 3 is 2.64 bits per heavy atom. The zero-order chi connectivity index (χ0) is 17.8. The van der Waals surface area contributed by atoms with Crippen molar-refractivity contribution < 1.29 is 4.74 Å². The Hall–Kier alpha value is -1.87. The maximum absolute atomic E-state index is 6.21. The molecule has 1 fully saturated rings. The Morgan fingerprint density at radius 2 is 2.00 bits per heavy atom. The van der Waals surface area contributed by atoms with Gasteiger partial charge in [0.1, 0.15) is 12.4 Å². The van der Waals surface area contributed by atoms with Gasteiger partial charge < -0.3 is 10.1 Å². The number of rotatable bonds is 7. The number of nitrogens with one attached hydrogen (secondary N) is 1. The minimum absolute atomic E-state index is 0.577. The highest BCUT2D eigenvalue weighted by atomic mass is 32.1. The van der Waals surface area contributed by atoms with Crippen molar-refractivity contribution in [3.05, 3.63) is 58.7 Å². The molecule has 0 aliphatic heterocycles. The van der Waals surface area contributed by atoms with E-state index in [0.29, 0.717) is 12.5 Å². The standard InChI is InChI=1S/C22H27NOS/c1-4-16-9-12-21(15(3)13-16)24-14-19-18(17-10-11-17)7-6-8-20(19)23-22(25)5-2/h6-9,12-13,17H,4-5,10-11,14H2,1-3H3,(H,23,25). The summed E-state index contributed by atoms with van der Waals surface area (Å²) in [5, 5.41) is 3.40. The van der Waals surface area contributed by atoms with Gasteiger partial charge in [-0.3, -0.25) is 0 Å². The lowest BCUT2D eigenvalue weighted by molar-refractivity contribution is 0.303. The Labute approximate surface area is 156 Å². The highest BCUT2D eigenvalue weighted by Crippen LogP contribution is 2.43. The molecule has 0 heterocycles. The summed E-state index contributed by atoms with van der Waals surface area (Å²) in [6, 6.07) is 12.9. The molecule has 1 saturated carbocycles. The maximum atomic E-state index is 6.21. The molecule has 0 bridgehead atoms. The molecule has 0 amide bonds. The fourth-order valence-corrected chi connectivity index (χ4v) is 3.25. The minimum Gasteiger partial charge on any atom is -0.489 e. The van der Waals surface area contributed by atoms with Crippen molar-refractivity contribution in [1.82, 2.24) is 0 Å². The van der Waals surface area contributed by atoms with Crippen LogP contribution in [0.15, 0.2) is 36.4 Å². The van der Waals surface area contributed by atoms with Crippen LogP contribution in [-0.4, -0.2) is 4.99 Å². The van der Waals surface area contributed by atoms with Crippen LogP contribution < -0.4 is 10.1 Å². The van der Waals surface area contributed by atoms with Gasteiger partial charge in [-0.1, -0.05) is 50.3 Å². The van der Waals surface area contributed by atoms with Crippen LogP contribution in [0.1, 0.15) is 61.3 Å². The van der Waals surface area contributed by atoms with Crippen molar-refractivity contribution in [3.8, 4) is 5.75 Å². The summed E-state index contributed by atoms with van der Waals surface area (Å²) >= 11 is 5.40. The highest BCUT2D eigenvalue weighted by Gasteiger charge is 2.27. The van der Waals surface area contributed by atoms with Crippen molar-refractivity contribution in [1.29, 1.82) is 0 Å². The van der Waals surface area contributed by atoms with Crippen LogP contribution in [0.4, 0.5) is 5.69 Å². The van der Waals surface area contributed by atoms with Crippen LogP contribution in [-0.2, 0) is 13.0 Å². The quantitative estimate of drug-likeness (QED) is 0.602. The first-order valence-corrected chi connectivity index (χ1v) is 9.67. The lowest BCUT2D eigenvalue weighted by Crippen LogP contribution is -2.12. The van der Waals surface area contributed by atoms with E-state index in [2.05, 4.69) is 62.5 Å². The molecule has 2 aromatic carbocycles. The van der Waals surface area contributed by atoms with Crippen LogP contribution in [0, 0.1) is 6.92 Å². The summed E-state index contributed by atoms with van der Waals surface area (Å²) in [5.74, 6) is 1.64. The third-order valence-electron chi connectivity index (χ3n) is 4.84. The second-order valence-corrected chi connectivity index (χ2v) is 7.28. The lowest BCUT2D eigenvalue weighted by atomic mass is 10.0. The summed E-state index contributed by atoms with van der Waals surface area (Å²) in [7, 11) is 0. The van der Waals surface area contributed by atoms with E-state index in [0.717, 1.165) is 29.3 Å². The van der Waals surface area contributed by atoms with Crippen LogP contribution in [0.3, 0.4) is 0 Å². The minimum atomic E-state index is 0.577. The summed E-state index contributed by atoms with van der Waals surface area (Å²) in [6.07, 6.45) is 4.45. The monoisotopic (exact) mass is 353 g/mol. The highest BCUT2D eigenvalue weighted by molar-refractivity contribution is 7.80. The van der Waals surface area contributed by atoms with Gasteiger partial charge in [-0.25, -0.2) is 0 Å². The van der Waals surface area contributed by atoms with Crippen molar-refractivity contribution in [2.24, 2.45) is 0 Å². The smallest absolute Gasteiger partial charge is 0.122 e. The molecule has 3 heteroatoms. The van der Waals surface area contributed by atoms with Gasteiger partial charge in [0.05, 0.1) is 4.99 Å². The van der Waals surface area contributed by atoms with Gasteiger partial charge >= 0.3 is 0 Å². The summed E-state index contributed by atoms with van der Waals surface area (Å²) in [4.78, 5) is 0.873. The van der Waals surface area contributed by atoms with Gasteiger partial charge in [0.25, 0.3) is 0 Å². The SMILES string of the molecule is CCC(=S)Nc1cccc(C2CC2)c1COc1ccc(CC)cc1C. The fourth-order valence-electron chi connectivity index (χ4n) is 3.14. The number of hydrogen-bond donors (Lipinski definition) is 1. The van der Waals surface area contributed by atoms with E-state index < -0.39 is 0 Å². The molecule has 3 rings (SSSR count). The van der Waals surface area contributed by atoms with Crippen molar-refractivity contribution in [2.75, 3.05) is 5.32 Å². The topological polar surface area (TPSA) is 21.3 Å². The third kappa shape index (κ3) is 4.40. The summed E-state index contributed by atoms with van der Waals surface area (Å²) < 4.78 is 6.21. The average Bonchev–Trinajstić information content (AvgIpc) is 3.46. The molecular formula is C22H27NOS. The van der Waals surface area contributed by atoms with Gasteiger partial charge in [0, 0.05) is 11.3 Å². The number of aryl methyl sites for hydroxylation is 2. The van der Waals surface area contributed by atoms with Gasteiger partial charge in [-0.05, 0) is 67.3 Å². The molecule has 1 N–H and O–H groups in total. The van der Waals surface area contributed by atoms with E-state index in [1.807, 2.05) is 0 Å². The second kappa shape index (κ2) is 8.01. The largest absolute Gasteiger partial charge is 0.489 e. The van der Waals surface area contributed by atoms with Crippen LogP contribution in [0.2, 0.25) is 0 Å². The van der Waals surface area contributed by atoms with E-state index in [-0.39, 0.29) is 0 Å². The molecular weight excluding hydrogens is 326 g/mol. The van der Waals surface area contributed by atoms with Crippen molar-refractivity contribution in [2.45, 2.75) is 59.0 Å². The molecule has 0 atom stereocenters. The molecule has 0 radical (unpaired) electrons. The van der Waals surface area contributed by atoms with Gasteiger partial charge in [0.15, 0.2) is 0 Å². The van der Waals surface area contributed by atoms with Crippen molar-refractivity contribution in [3.63, 3.8) is 0 Å². The Bertz CT molecular complexity index is 765. The predicted molar refractivity (Wildman–Crippen MR) is 110 cm³/mol. The van der Waals surface area contributed by atoms with E-state index >= 15 is 0 Å². The Morgan fingerprint density at radius 1 is 1.20 bits per heavy atom. The molecule has 0 spiro atoms. The third-order valence-corrected chi connectivity index (χ3v) is 5.23. The second-order valence-electron chi connectivity index (χ2n) is 6.79. The van der Waals surface area contributed by atoms with Crippen LogP contribution in [0.25, 0.3) is 0 Å². The number of thiocarbonyl (C=S) groups is 1. The first-order valence-electron chi connectivity index (χ1n) is 9.26. The molecule has 132 valence electrons. The van der Waals surface area contributed by atoms with E-state index in [1.165, 1.54) is 35.1 Å². The number of anilines is 1. The first kappa shape index (κ1) is 17.9. The molecule has 0 aromatic heterocycles.